The minimum absolute atomic E-state index is 0.301. The number of aryl methyl sites for hydroxylation is 1. The predicted octanol–water partition coefficient (Wildman–Crippen LogP) is 3.55. The third-order valence-electron chi connectivity index (χ3n) is 3.50. The van der Waals surface area contributed by atoms with Gasteiger partial charge in [-0.2, -0.15) is 5.10 Å². The Hall–Kier alpha value is -2.54. The number of hydrogen-bond donors (Lipinski definition) is 1. The summed E-state index contributed by atoms with van der Waals surface area (Å²) < 4.78 is 16.7. The van der Waals surface area contributed by atoms with E-state index in [-0.39, 0.29) is 5.91 Å². The monoisotopic (exact) mass is 406 g/mol. The first-order chi connectivity index (χ1) is 12.0. The summed E-state index contributed by atoms with van der Waals surface area (Å²) in [5, 5.41) is 3.98. The maximum atomic E-state index is 12.1. The standard InChI is InChI=1S/C18H19BrN2O4/c1-11-5-6-13(9-14(11)19)18(22)21-20-10-12-7-15(23-2)17(25-4)16(8-12)24-3/h5-10H,1-4H3,(H,21,22)/b20-10+. The number of amides is 1. The number of carbonyl (C=O) groups is 1. The van der Waals surface area contributed by atoms with Gasteiger partial charge in [-0.05, 0) is 36.8 Å². The van der Waals surface area contributed by atoms with Crippen LogP contribution in [0.5, 0.6) is 17.2 Å². The van der Waals surface area contributed by atoms with Gasteiger partial charge in [-0.25, -0.2) is 5.43 Å². The first-order valence-corrected chi connectivity index (χ1v) is 8.19. The predicted molar refractivity (Wildman–Crippen MR) is 100 cm³/mol. The number of nitrogens with one attached hydrogen (secondary N) is 1. The van der Waals surface area contributed by atoms with Crippen LogP contribution >= 0.6 is 15.9 Å². The van der Waals surface area contributed by atoms with Gasteiger partial charge in [0.2, 0.25) is 5.75 Å². The average molecular weight is 407 g/mol. The summed E-state index contributed by atoms with van der Waals surface area (Å²) in [4.78, 5) is 12.1. The minimum Gasteiger partial charge on any atom is -0.493 e. The van der Waals surface area contributed by atoms with E-state index in [0.29, 0.717) is 28.4 Å². The molecule has 2 aromatic rings. The lowest BCUT2D eigenvalue weighted by Gasteiger charge is -2.12. The highest BCUT2D eigenvalue weighted by Gasteiger charge is 2.12. The van der Waals surface area contributed by atoms with E-state index in [2.05, 4.69) is 26.5 Å². The first-order valence-electron chi connectivity index (χ1n) is 7.39. The molecule has 0 spiro atoms. The molecule has 1 amide bonds. The van der Waals surface area contributed by atoms with E-state index < -0.39 is 0 Å². The normalized spacial score (nSPS) is 10.6. The van der Waals surface area contributed by atoms with Gasteiger partial charge >= 0.3 is 0 Å². The molecule has 0 aliphatic rings. The van der Waals surface area contributed by atoms with Crippen LogP contribution in [0, 0.1) is 6.92 Å². The van der Waals surface area contributed by atoms with Crippen molar-refractivity contribution in [1.82, 2.24) is 5.43 Å². The lowest BCUT2D eigenvalue weighted by atomic mass is 10.1. The molecule has 0 aliphatic carbocycles. The number of carbonyl (C=O) groups excluding carboxylic acids is 1. The van der Waals surface area contributed by atoms with E-state index in [4.69, 9.17) is 14.2 Å². The number of hydrogen-bond acceptors (Lipinski definition) is 5. The van der Waals surface area contributed by atoms with Crippen molar-refractivity contribution in [2.45, 2.75) is 6.92 Å². The molecule has 0 fully saturated rings. The van der Waals surface area contributed by atoms with Gasteiger partial charge in [0.1, 0.15) is 0 Å². The highest BCUT2D eigenvalue weighted by molar-refractivity contribution is 9.10. The van der Waals surface area contributed by atoms with Crippen LogP contribution in [0.3, 0.4) is 0 Å². The number of methoxy groups -OCH3 is 3. The topological polar surface area (TPSA) is 69.2 Å². The zero-order valence-corrected chi connectivity index (χ0v) is 16.0. The number of benzene rings is 2. The van der Waals surface area contributed by atoms with Crippen molar-refractivity contribution in [3.63, 3.8) is 0 Å². The van der Waals surface area contributed by atoms with Crippen molar-refractivity contribution in [1.29, 1.82) is 0 Å². The molecule has 0 atom stereocenters. The highest BCUT2D eigenvalue weighted by atomic mass is 79.9. The quantitative estimate of drug-likeness (QED) is 0.588. The Labute approximate surface area is 154 Å². The van der Waals surface area contributed by atoms with Crippen LogP contribution in [-0.2, 0) is 0 Å². The molecule has 25 heavy (non-hydrogen) atoms. The molecule has 6 nitrogen and oxygen atoms in total. The molecule has 1 N–H and O–H groups in total. The van der Waals surface area contributed by atoms with Gasteiger partial charge in [0.25, 0.3) is 5.91 Å². The fourth-order valence-electron chi connectivity index (χ4n) is 2.14. The summed E-state index contributed by atoms with van der Waals surface area (Å²) in [7, 11) is 4.61. The maximum Gasteiger partial charge on any atom is 0.271 e. The van der Waals surface area contributed by atoms with Crippen molar-refractivity contribution >= 4 is 28.1 Å². The lowest BCUT2D eigenvalue weighted by Crippen LogP contribution is -2.17. The average Bonchev–Trinajstić information content (AvgIpc) is 2.62. The van der Waals surface area contributed by atoms with Gasteiger partial charge in [-0.3, -0.25) is 4.79 Å². The van der Waals surface area contributed by atoms with Crippen LogP contribution in [0.15, 0.2) is 39.9 Å². The Morgan fingerprint density at radius 2 is 1.72 bits per heavy atom. The molecule has 0 radical (unpaired) electrons. The summed E-state index contributed by atoms with van der Waals surface area (Å²) in [5.74, 6) is 1.22. The molecule has 0 heterocycles. The molecule has 0 aliphatic heterocycles. The van der Waals surface area contributed by atoms with Gasteiger partial charge in [0.15, 0.2) is 11.5 Å². The van der Waals surface area contributed by atoms with Crippen LogP contribution in [0.4, 0.5) is 0 Å². The molecule has 0 saturated heterocycles. The van der Waals surface area contributed by atoms with Gasteiger partial charge in [0, 0.05) is 15.6 Å². The van der Waals surface area contributed by atoms with Crippen LogP contribution < -0.4 is 19.6 Å². The molecular weight excluding hydrogens is 388 g/mol. The Kier molecular flexibility index (Phi) is 6.41. The zero-order chi connectivity index (χ0) is 18.4. The van der Waals surface area contributed by atoms with Crippen molar-refractivity contribution < 1.29 is 19.0 Å². The number of halogens is 1. The molecule has 132 valence electrons. The van der Waals surface area contributed by atoms with Crippen LogP contribution in [0.1, 0.15) is 21.5 Å². The minimum atomic E-state index is -0.301. The van der Waals surface area contributed by atoms with Crippen molar-refractivity contribution in [3.05, 3.63) is 51.5 Å². The molecular formula is C18H19BrN2O4. The van der Waals surface area contributed by atoms with E-state index in [1.807, 2.05) is 13.0 Å². The van der Waals surface area contributed by atoms with E-state index >= 15 is 0 Å². The van der Waals surface area contributed by atoms with Crippen molar-refractivity contribution in [2.24, 2.45) is 5.10 Å². The summed E-state index contributed by atoms with van der Waals surface area (Å²) in [6.07, 6.45) is 1.51. The zero-order valence-electron chi connectivity index (χ0n) is 14.4. The smallest absolute Gasteiger partial charge is 0.271 e. The van der Waals surface area contributed by atoms with Crippen LogP contribution in [-0.4, -0.2) is 33.5 Å². The molecule has 0 saturated carbocycles. The highest BCUT2D eigenvalue weighted by Crippen LogP contribution is 2.37. The second-order valence-corrected chi connectivity index (χ2v) is 5.98. The lowest BCUT2D eigenvalue weighted by molar-refractivity contribution is 0.0955. The van der Waals surface area contributed by atoms with Gasteiger partial charge < -0.3 is 14.2 Å². The number of nitrogens with zero attached hydrogens (tertiary/aromatic N) is 1. The number of ether oxygens (including phenoxy) is 3. The Balaban J connectivity index is 2.16. The molecule has 0 bridgehead atoms. The number of rotatable bonds is 6. The maximum absolute atomic E-state index is 12.1. The molecule has 2 aromatic carbocycles. The molecule has 7 heteroatoms. The van der Waals surface area contributed by atoms with Gasteiger partial charge in [-0.1, -0.05) is 22.0 Å². The summed E-state index contributed by atoms with van der Waals surface area (Å²) >= 11 is 3.41. The van der Waals surface area contributed by atoms with Gasteiger partial charge in [0.05, 0.1) is 27.5 Å². The van der Waals surface area contributed by atoms with E-state index in [0.717, 1.165) is 10.0 Å². The first kappa shape index (κ1) is 18.8. The van der Waals surface area contributed by atoms with E-state index in [1.165, 1.54) is 27.5 Å². The second kappa shape index (κ2) is 8.53. The molecule has 0 unspecified atom stereocenters. The Morgan fingerprint density at radius 3 is 2.24 bits per heavy atom. The Morgan fingerprint density at radius 1 is 1.08 bits per heavy atom. The van der Waals surface area contributed by atoms with Crippen molar-refractivity contribution in [3.8, 4) is 17.2 Å². The largest absolute Gasteiger partial charge is 0.493 e. The van der Waals surface area contributed by atoms with Crippen LogP contribution in [0.25, 0.3) is 0 Å². The third-order valence-corrected chi connectivity index (χ3v) is 4.36. The van der Waals surface area contributed by atoms with E-state index in [1.54, 1.807) is 24.3 Å². The third kappa shape index (κ3) is 4.51. The fraction of sp³-hybridized carbons (Fsp3) is 0.222. The summed E-state index contributed by atoms with van der Waals surface area (Å²) in [6.45, 7) is 1.95. The van der Waals surface area contributed by atoms with Crippen LogP contribution in [0.2, 0.25) is 0 Å². The Bertz CT molecular complexity index is 781. The summed E-state index contributed by atoms with van der Waals surface area (Å²) in [5.41, 5.74) is 4.76. The molecule has 0 aromatic heterocycles. The number of hydrazone groups is 1. The fourth-order valence-corrected chi connectivity index (χ4v) is 2.52. The SMILES string of the molecule is COc1cc(/C=N/NC(=O)c2ccc(C)c(Br)c2)cc(OC)c1OC. The van der Waals surface area contributed by atoms with E-state index in [9.17, 15) is 4.79 Å². The second-order valence-electron chi connectivity index (χ2n) is 5.12. The summed E-state index contributed by atoms with van der Waals surface area (Å²) in [6, 6.07) is 8.82. The molecule has 2 rings (SSSR count). The van der Waals surface area contributed by atoms with Gasteiger partial charge in [-0.15, -0.1) is 0 Å². The van der Waals surface area contributed by atoms with Crippen molar-refractivity contribution in [2.75, 3.05) is 21.3 Å².